The van der Waals surface area contributed by atoms with E-state index >= 15 is 0 Å². The summed E-state index contributed by atoms with van der Waals surface area (Å²) < 4.78 is 31.7. The predicted octanol–water partition coefficient (Wildman–Crippen LogP) is 3.61. The van der Waals surface area contributed by atoms with Crippen LogP contribution < -0.4 is 14.8 Å². The standard InChI is InChI=1S/C21H17ClFN3O4/c22-16-6-14(23)3-1-13(16)8-24-21(27)17-7-15-10-28-20(9-26(15)25-17)12-2-4-18-19(5-12)30-11-29-18/h1-7,20H,8-11H2,(H,24,27). The summed E-state index contributed by atoms with van der Waals surface area (Å²) in [5, 5.41) is 7.45. The number of nitrogens with zero attached hydrogens (tertiary/aromatic N) is 2. The van der Waals surface area contributed by atoms with Gasteiger partial charge in [-0.2, -0.15) is 5.10 Å². The minimum atomic E-state index is -0.422. The molecule has 0 bridgehead atoms. The number of amides is 1. The van der Waals surface area contributed by atoms with Crippen molar-refractivity contribution in [1.82, 2.24) is 15.1 Å². The molecule has 0 saturated heterocycles. The highest BCUT2D eigenvalue weighted by Crippen LogP contribution is 2.36. The maximum Gasteiger partial charge on any atom is 0.272 e. The van der Waals surface area contributed by atoms with Gasteiger partial charge in [0.05, 0.1) is 18.8 Å². The molecule has 1 N–H and O–H groups in total. The SMILES string of the molecule is O=C(NCc1ccc(F)cc1Cl)c1cc2n(n1)CC(c1ccc3c(c1)OCO3)OC2. The molecule has 0 fully saturated rings. The van der Waals surface area contributed by atoms with Crippen LogP contribution in [0, 0.1) is 5.82 Å². The topological polar surface area (TPSA) is 74.6 Å². The number of halogens is 2. The van der Waals surface area contributed by atoms with E-state index in [0.29, 0.717) is 24.5 Å². The van der Waals surface area contributed by atoms with Gasteiger partial charge in [0.1, 0.15) is 11.9 Å². The zero-order chi connectivity index (χ0) is 20.7. The second kappa shape index (κ2) is 7.62. The van der Waals surface area contributed by atoms with E-state index in [1.807, 2.05) is 18.2 Å². The number of rotatable bonds is 4. The molecule has 0 aliphatic carbocycles. The van der Waals surface area contributed by atoms with E-state index in [4.69, 9.17) is 25.8 Å². The van der Waals surface area contributed by atoms with Crippen molar-refractivity contribution >= 4 is 17.5 Å². The summed E-state index contributed by atoms with van der Waals surface area (Å²) in [6.45, 7) is 1.21. The molecule has 1 atom stereocenters. The largest absolute Gasteiger partial charge is 0.454 e. The van der Waals surface area contributed by atoms with Crippen LogP contribution >= 0.6 is 11.6 Å². The second-order valence-corrected chi connectivity index (χ2v) is 7.44. The van der Waals surface area contributed by atoms with Crippen LogP contribution in [0.1, 0.15) is 33.4 Å². The van der Waals surface area contributed by atoms with Crippen molar-refractivity contribution in [3.05, 3.63) is 75.8 Å². The van der Waals surface area contributed by atoms with Crippen LogP contribution in [-0.4, -0.2) is 22.5 Å². The number of ether oxygens (including phenoxy) is 3. The Morgan fingerprint density at radius 3 is 2.93 bits per heavy atom. The number of nitrogens with one attached hydrogen (secondary N) is 1. The maximum absolute atomic E-state index is 13.2. The molecule has 1 amide bonds. The molecule has 5 rings (SSSR count). The van der Waals surface area contributed by atoms with E-state index in [1.165, 1.54) is 12.1 Å². The molecule has 1 unspecified atom stereocenters. The van der Waals surface area contributed by atoms with Crippen molar-refractivity contribution in [1.29, 1.82) is 0 Å². The quantitative estimate of drug-likeness (QED) is 0.685. The average molecular weight is 430 g/mol. The molecule has 7 nitrogen and oxygen atoms in total. The zero-order valence-corrected chi connectivity index (χ0v) is 16.5. The fourth-order valence-electron chi connectivity index (χ4n) is 3.48. The van der Waals surface area contributed by atoms with Crippen LogP contribution in [-0.2, 0) is 24.4 Å². The lowest BCUT2D eigenvalue weighted by molar-refractivity contribution is -0.00128. The molecule has 2 aliphatic rings. The van der Waals surface area contributed by atoms with Crippen molar-refractivity contribution in [2.75, 3.05) is 6.79 Å². The molecule has 3 heterocycles. The fraction of sp³-hybridized carbons (Fsp3) is 0.238. The summed E-state index contributed by atoms with van der Waals surface area (Å²) in [7, 11) is 0. The smallest absolute Gasteiger partial charge is 0.272 e. The first-order valence-electron chi connectivity index (χ1n) is 9.37. The van der Waals surface area contributed by atoms with Crippen molar-refractivity contribution < 1.29 is 23.4 Å². The summed E-state index contributed by atoms with van der Waals surface area (Å²) in [5.74, 6) is 0.655. The Bertz CT molecular complexity index is 1130. The molecular formula is C21H17ClFN3O4. The van der Waals surface area contributed by atoms with Crippen LogP contribution in [0.3, 0.4) is 0 Å². The number of benzene rings is 2. The molecule has 30 heavy (non-hydrogen) atoms. The van der Waals surface area contributed by atoms with Crippen molar-refractivity contribution in [2.24, 2.45) is 0 Å². The van der Waals surface area contributed by atoms with Gasteiger partial charge < -0.3 is 19.5 Å². The van der Waals surface area contributed by atoms with Gasteiger partial charge >= 0.3 is 0 Å². The molecule has 9 heteroatoms. The van der Waals surface area contributed by atoms with Crippen LogP contribution in [0.2, 0.25) is 5.02 Å². The highest BCUT2D eigenvalue weighted by Gasteiger charge is 2.26. The Morgan fingerprint density at radius 2 is 2.07 bits per heavy atom. The number of aromatic nitrogens is 2. The van der Waals surface area contributed by atoms with Crippen molar-refractivity contribution in [3.8, 4) is 11.5 Å². The predicted molar refractivity (Wildman–Crippen MR) is 105 cm³/mol. The molecule has 2 aromatic carbocycles. The summed E-state index contributed by atoms with van der Waals surface area (Å²) in [6, 6.07) is 11.5. The third kappa shape index (κ3) is 3.59. The van der Waals surface area contributed by atoms with Crippen LogP contribution in [0.4, 0.5) is 4.39 Å². The van der Waals surface area contributed by atoms with Gasteiger partial charge in [-0.3, -0.25) is 9.48 Å². The van der Waals surface area contributed by atoms with Crippen LogP contribution in [0.25, 0.3) is 0 Å². The van der Waals surface area contributed by atoms with E-state index in [-0.39, 0.29) is 36.1 Å². The normalized spacial score (nSPS) is 16.9. The zero-order valence-electron chi connectivity index (χ0n) is 15.7. The molecule has 2 aliphatic heterocycles. The van der Waals surface area contributed by atoms with Crippen molar-refractivity contribution in [3.63, 3.8) is 0 Å². The van der Waals surface area contributed by atoms with E-state index in [9.17, 15) is 9.18 Å². The van der Waals surface area contributed by atoms with Gasteiger partial charge in [0.2, 0.25) is 6.79 Å². The Hall–Kier alpha value is -3.10. The Kier molecular flexibility index (Phi) is 4.80. The maximum atomic E-state index is 13.2. The van der Waals surface area contributed by atoms with Crippen LogP contribution in [0.5, 0.6) is 11.5 Å². The van der Waals surface area contributed by atoms with E-state index in [0.717, 1.165) is 17.0 Å². The summed E-state index contributed by atoms with van der Waals surface area (Å²) in [5.41, 5.74) is 2.69. The Labute approximate surface area is 176 Å². The molecule has 3 aromatic rings. The molecular weight excluding hydrogens is 413 g/mol. The highest BCUT2D eigenvalue weighted by atomic mass is 35.5. The highest BCUT2D eigenvalue weighted by molar-refractivity contribution is 6.31. The average Bonchev–Trinajstić information content (AvgIpc) is 3.38. The van der Waals surface area contributed by atoms with Gasteiger partial charge in [0.15, 0.2) is 17.2 Å². The number of fused-ring (bicyclic) bond motifs is 2. The third-order valence-corrected chi connectivity index (χ3v) is 5.44. The number of carbonyl (C=O) groups excluding carboxylic acids is 1. The minimum absolute atomic E-state index is 0.177. The lowest BCUT2D eigenvalue weighted by Gasteiger charge is -2.24. The fourth-order valence-corrected chi connectivity index (χ4v) is 3.72. The van der Waals surface area contributed by atoms with Gasteiger partial charge in [-0.05, 0) is 41.5 Å². The molecule has 0 saturated carbocycles. The number of hydrogen-bond donors (Lipinski definition) is 1. The lowest BCUT2D eigenvalue weighted by Crippen LogP contribution is -2.24. The summed E-state index contributed by atoms with van der Waals surface area (Å²) >= 11 is 6.01. The first-order valence-corrected chi connectivity index (χ1v) is 9.74. The second-order valence-electron chi connectivity index (χ2n) is 7.03. The van der Waals surface area contributed by atoms with E-state index in [2.05, 4.69) is 10.4 Å². The first kappa shape index (κ1) is 18.9. The lowest BCUT2D eigenvalue weighted by atomic mass is 10.1. The van der Waals surface area contributed by atoms with E-state index in [1.54, 1.807) is 16.8 Å². The number of hydrogen-bond acceptors (Lipinski definition) is 5. The first-order chi connectivity index (χ1) is 14.6. The summed E-state index contributed by atoms with van der Waals surface area (Å²) in [4.78, 5) is 12.5. The minimum Gasteiger partial charge on any atom is -0.454 e. The van der Waals surface area contributed by atoms with Gasteiger partial charge in [-0.1, -0.05) is 23.7 Å². The van der Waals surface area contributed by atoms with Gasteiger partial charge in [0, 0.05) is 11.6 Å². The van der Waals surface area contributed by atoms with Crippen LogP contribution in [0.15, 0.2) is 42.5 Å². The molecule has 0 spiro atoms. The Balaban J connectivity index is 1.27. The van der Waals surface area contributed by atoms with Gasteiger partial charge in [0.25, 0.3) is 5.91 Å². The van der Waals surface area contributed by atoms with Gasteiger partial charge in [-0.25, -0.2) is 4.39 Å². The summed E-state index contributed by atoms with van der Waals surface area (Å²) in [6.07, 6.45) is -0.208. The Morgan fingerprint density at radius 1 is 1.20 bits per heavy atom. The molecule has 0 radical (unpaired) electrons. The van der Waals surface area contributed by atoms with Gasteiger partial charge in [-0.15, -0.1) is 0 Å². The third-order valence-electron chi connectivity index (χ3n) is 5.09. The monoisotopic (exact) mass is 429 g/mol. The van der Waals surface area contributed by atoms with Crippen molar-refractivity contribution in [2.45, 2.75) is 25.8 Å². The molecule has 154 valence electrons. The molecule has 1 aromatic heterocycles. The number of carbonyl (C=O) groups is 1. The van der Waals surface area contributed by atoms with E-state index < -0.39 is 5.82 Å².